The fraction of sp³-hybridized carbons (Fsp3) is 0.250. The summed E-state index contributed by atoms with van der Waals surface area (Å²) in [6, 6.07) is 5.57. The van der Waals surface area contributed by atoms with Gasteiger partial charge in [0.05, 0.1) is 18.2 Å². The second-order valence-corrected chi connectivity index (χ2v) is 3.57. The third-order valence-electron chi connectivity index (χ3n) is 2.62. The Morgan fingerprint density at radius 1 is 1.47 bits per heavy atom. The Morgan fingerprint density at radius 2 is 2.24 bits per heavy atom. The fourth-order valence-electron chi connectivity index (χ4n) is 1.85. The van der Waals surface area contributed by atoms with Crippen LogP contribution in [0.5, 0.6) is 0 Å². The molecule has 0 saturated heterocycles. The number of H-pyrrole nitrogens is 1. The Balaban J connectivity index is 0.00000144. The van der Waals surface area contributed by atoms with Crippen molar-refractivity contribution in [3.05, 3.63) is 35.5 Å². The van der Waals surface area contributed by atoms with Crippen molar-refractivity contribution in [2.75, 3.05) is 13.7 Å². The van der Waals surface area contributed by atoms with Gasteiger partial charge in [-0.1, -0.05) is 12.1 Å². The molecule has 17 heavy (non-hydrogen) atoms. The summed E-state index contributed by atoms with van der Waals surface area (Å²) < 4.78 is 4.73. The second-order valence-electron chi connectivity index (χ2n) is 3.57. The number of halogens is 1. The van der Waals surface area contributed by atoms with E-state index in [1.54, 1.807) is 6.07 Å². The first-order chi connectivity index (χ1) is 7.77. The Hall–Kier alpha value is -1.52. The van der Waals surface area contributed by atoms with Crippen LogP contribution in [0.3, 0.4) is 0 Å². The first kappa shape index (κ1) is 13.5. The van der Waals surface area contributed by atoms with E-state index >= 15 is 0 Å². The van der Waals surface area contributed by atoms with E-state index in [4.69, 9.17) is 10.5 Å². The standard InChI is InChI=1S/C12H14N2O2.ClH/c1-16-12(15)10-4-2-3-9-8(5-6-13)7-14-11(9)10;/h2-4,7,14H,5-6,13H2,1H3;1H. The zero-order chi connectivity index (χ0) is 11.5. The molecule has 5 heteroatoms. The molecular formula is C12H15ClN2O2. The SMILES string of the molecule is COC(=O)c1cccc2c(CCN)c[nH]c12.Cl. The van der Waals surface area contributed by atoms with Crippen LogP contribution in [0.4, 0.5) is 0 Å². The molecule has 92 valence electrons. The van der Waals surface area contributed by atoms with Crippen LogP contribution in [-0.4, -0.2) is 24.6 Å². The van der Waals surface area contributed by atoms with Crippen LogP contribution in [-0.2, 0) is 11.2 Å². The van der Waals surface area contributed by atoms with Gasteiger partial charge >= 0.3 is 5.97 Å². The molecule has 0 aliphatic heterocycles. The number of esters is 1. The molecule has 0 bridgehead atoms. The van der Waals surface area contributed by atoms with Crippen LogP contribution >= 0.6 is 12.4 Å². The number of carbonyl (C=O) groups excluding carboxylic acids is 1. The molecule has 4 nitrogen and oxygen atoms in total. The smallest absolute Gasteiger partial charge is 0.339 e. The Bertz CT molecular complexity index is 522. The maximum Gasteiger partial charge on any atom is 0.339 e. The van der Waals surface area contributed by atoms with Crippen LogP contribution in [0.25, 0.3) is 10.9 Å². The number of carbonyl (C=O) groups is 1. The minimum Gasteiger partial charge on any atom is -0.465 e. The van der Waals surface area contributed by atoms with Gasteiger partial charge < -0.3 is 15.5 Å². The predicted octanol–water partition coefficient (Wildman–Crippen LogP) is 1.88. The van der Waals surface area contributed by atoms with Gasteiger partial charge in [0.25, 0.3) is 0 Å². The van der Waals surface area contributed by atoms with E-state index < -0.39 is 0 Å². The number of fused-ring (bicyclic) bond motifs is 1. The number of rotatable bonds is 3. The number of hydrogen-bond donors (Lipinski definition) is 2. The van der Waals surface area contributed by atoms with Gasteiger partial charge in [-0.3, -0.25) is 0 Å². The molecule has 0 aliphatic carbocycles. The maximum atomic E-state index is 11.5. The van der Waals surface area contributed by atoms with Gasteiger partial charge in [-0.15, -0.1) is 12.4 Å². The number of nitrogens with two attached hydrogens (primary N) is 1. The first-order valence-corrected chi connectivity index (χ1v) is 5.15. The number of benzene rings is 1. The highest BCUT2D eigenvalue weighted by molar-refractivity contribution is 6.03. The van der Waals surface area contributed by atoms with Crippen molar-refractivity contribution in [1.29, 1.82) is 0 Å². The van der Waals surface area contributed by atoms with E-state index in [1.807, 2.05) is 18.3 Å². The number of methoxy groups -OCH3 is 1. The van der Waals surface area contributed by atoms with Crippen LogP contribution in [0.1, 0.15) is 15.9 Å². The lowest BCUT2D eigenvalue weighted by Gasteiger charge is -2.01. The highest BCUT2D eigenvalue weighted by atomic mass is 35.5. The summed E-state index contributed by atoms with van der Waals surface area (Å²) >= 11 is 0. The topological polar surface area (TPSA) is 68.1 Å². The summed E-state index contributed by atoms with van der Waals surface area (Å²) in [5.41, 5.74) is 8.03. The van der Waals surface area contributed by atoms with Crippen molar-refractivity contribution in [2.24, 2.45) is 5.73 Å². The summed E-state index contributed by atoms with van der Waals surface area (Å²) in [6.07, 6.45) is 2.69. The molecule has 1 heterocycles. The van der Waals surface area contributed by atoms with Gasteiger partial charge in [-0.2, -0.15) is 0 Å². The van der Waals surface area contributed by atoms with E-state index in [-0.39, 0.29) is 18.4 Å². The van der Waals surface area contributed by atoms with Crippen LogP contribution < -0.4 is 5.73 Å². The Kier molecular flexibility index (Phi) is 4.54. The lowest BCUT2D eigenvalue weighted by atomic mass is 10.1. The van der Waals surface area contributed by atoms with Crippen molar-refractivity contribution in [2.45, 2.75) is 6.42 Å². The number of hydrogen-bond acceptors (Lipinski definition) is 3. The molecule has 3 N–H and O–H groups in total. The van der Waals surface area contributed by atoms with Gasteiger partial charge in [0.1, 0.15) is 0 Å². The summed E-state index contributed by atoms with van der Waals surface area (Å²) in [7, 11) is 1.38. The van der Waals surface area contributed by atoms with Crippen molar-refractivity contribution >= 4 is 29.3 Å². The molecule has 1 aromatic carbocycles. The van der Waals surface area contributed by atoms with Crippen molar-refractivity contribution in [3.63, 3.8) is 0 Å². The van der Waals surface area contributed by atoms with E-state index in [0.29, 0.717) is 12.1 Å². The molecule has 0 amide bonds. The average Bonchev–Trinajstić information content (AvgIpc) is 2.72. The quantitative estimate of drug-likeness (QED) is 0.822. The second kappa shape index (κ2) is 5.70. The third-order valence-corrected chi connectivity index (χ3v) is 2.62. The molecule has 0 saturated carbocycles. The summed E-state index contributed by atoms with van der Waals surface area (Å²) in [5.74, 6) is -0.327. The number of ether oxygens (including phenoxy) is 1. The molecule has 0 atom stereocenters. The van der Waals surface area contributed by atoms with Crippen LogP contribution in [0, 0.1) is 0 Å². The maximum absolute atomic E-state index is 11.5. The van der Waals surface area contributed by atoms with E-state index in [2.05, 4.69) is 4.98 Å². The third kappa shape index (κ3) is 2.43. The van der Waals surface area contributed by atoms with E-state index in [0.717, 1.165) is 22.9 Å². The Labute approximate surface area is 106 Å². The summed E-state index contributed by atoms with van der Waals surface area (Å²) in [4.78, 5) is 14.6. The Morgan fingerprint density at radius 3 is 2.88 bits per heavy atom. The molecule has 0 fully saturated rings. The molecule has 0 spiro atoms. The van der Waals surface area contributed by atoms with Crippen molar-refractivity contribution < 1.29 is 9.53 Å². The number of aromatic amines is 1. The molecule has 2 rings (SSSR count). The minimum atomic E-state index is -0.327. The molecule has 0 aliphatic rings. The number of para-hydroxylation sites is 1. The first-order valence-electron chi connectivity index (χ1n) is 5.15. The zero-order valence-electron chi connectivity index (χ0n) is 9.53. The van der Waals surface area contributed by atoms with Crippen LogP contribution in [0.2, 0.25) is 0 Å². The van der Waals surface area contributed by atoms with Gasteiger partial charge in [-0.25, -0.2) is 4.79 Å². The molecule has 1 aromatic heterocycles. The number of nitrogens with one attached hydrogen (secondary N) is 1. The van der Waals surface area contributed by atoms with Crippen molar-refractivity contribution in [3.8, 4) is 0 Å². The molecule has 2 aromatic rings. The highest BCUT2D eigenvalue weighted by Crippen LogP contribution is 2.22. The fourth-order valence-corrected chi connectivity index (χ4v) is 1.85. The molecule has 0 radical (unpaired) electrons. The lowest BCUT2D eigenvalue weighted by Crippen LogP contribution is -2.03. The molecular weight excluding hydrogens is 240 g/mol. The van der Waals surface area contributed by atoms with E-state index in [9.17, 15) is 4.79 Å². The highest BCUT2D eigenvalue weighted by Gasteiger charge is 2.12. The van der Waals surface area contributed by atoms with Gasteiger partial charge in [0, 0.05) is 11.6 Å². The van der Waals surface area contributed by atoms with Crippen LogP contribution in [0.15, 0.2) is 24.4 Å². The predicted molar refractivity (Wildman–Crippen MR) is 69.6 cm³/mol. The normalized spacial score (nSPS) is 10.0. The zero-order valence-corrected chi connectivity index (χ0v) is 10.3. The van der Waals surface area contributed by atoms with Gasteiger partial charge in [0.15, 0.2) is 0 Å². The van der Waals surface area contributed by atoms with Gasteiger partial charge in [-0.05, 0) is 24.6 Å². The minimum absolute atomic E-state index is 0. The largest absolute Gasteiger partial charge is 0.465 e. The van der Waals surface area contributed by atoms with Crippen molar-refractivity contribution in [1.82, 2.24) is 4.98 Å². The van der Waals surface area contributed by atoms with Gasteiger partial charge in [0.2, 0.25) is 0 Å². The summed E-state index contributed by atoms with van der Waals surface area (Å²) in [5, 5.41) is 1.04. The number of aromatic nitrogens is 1. The monoisotopic (exact) mass is 254 g/mol. The average molecular weight is 255 g/mol. The van der Waals surface area contributed by atoms with E-state index in [1.165, 1.54) is 7.11 Å². The lowest BCUT2D eigenvalue weighted by molar-refractivity contribution is 0.0603. The summed E-state index contributed by atoms with van der Waals surface area (Å²) in [6.45, 7) is 0.593. The molecule has 0 unspecified atom stereocenters.